The summed E-state index contributed by atoms with van der Waals surface area (Å²) >= 11 is 5.84. The molecule has 1 aromatic heterocycles. The summed E-state index contributed by atoms with van der Waals surface area (Å²) in [5.41, 5.74) is 3.75. The van der Waals surface area contributed by atoms with Crippen molar-refractivity contribution in [2.75, 3.05) is 0 Å². The van der Waals surface area contributed by atoms with E-state index in [1.54, 1.807) is 32.0 Å². The number of furan rings is 1. The molecule has 5 heteroatoms. The van der Waals surface area contributed by atoms with Crippen molar-refractivity contribution in [2.45, 2.75) is 13.8 Å². The minimum Gasteiger partial charge on any atom is -0.466 e. The molecule has 0 bridgehead atoms. The Morgan fingerprint density at radius 1 is 1.37 bits per heavy atom. The number of nitrogens with zero attached hydrogens (tertiary/aromatic N) is 1. The van der Waals surface area contributed by atoms with Gasteiger partial charge in [-0.15, -0.1) is 0 Å². The van der Waals surface area contributed by atoms with Gasteiger partial charge in [0.15, 0.2) is 0 Å². The lowest BCUT2D eigenvalue weighted by atomic mass is 10.2. The Labute approximate surface area is 116 Å². The lowest BCUT2D eigenvalue weighted by Crippen LogP contribution is -2.17. The van der Waals surface area contributed by atoms with Crippen molar-refractivity contribution in [1.82, 2.24) is 5.43 Å². The summed E-state index contributed by atoms with van der Waals surface area (Å²) in [4.78, 5) is 11.8. The molecule has 0 saturated carbocycles. The summed E-state index contributed by atoms with van der Waals surface area (Å²) in [7, 11) is 0. The van der Waals surface area contributed by atoms with E-state index >= 15 is 0 Å². The molecule has 2 aromatic rings. The summed E-state index contributed by atoms with van der Waals surface area (Å²) in [6.45, 7) is 3.53. The molecule has 0 saturated heterocycles. The highest BCUT2D eigenvalue weighted by Crippen LogP contribution is 2.13. The van der Waals surface area contributed by atoms with Crippen LogP contribution in [0.1, 0.15) is 27.4 Å². The molecule has 19 heavy (non-hydrogen) atoms. The van der Waals surface area contributed by atoms with Crippen LogP contribution in [0.5, 0.6) is 0 Å². The fourth-order valence-electron chi connectivity index (χ4n) is 1.67. The van der Waals surface area contributed by atoms with E-state index in [0.29, 0.717) is 22.1 Å². The summed E-state index contributed by atoms with van der Waals surface area (Å²) in [6, 6.07) is 8.86. The highest BCUT2D eigenvalue weighted by molar-refractivity contribution is 6.30. The first-order chi connectivity index (χ1) is 9.06. The van der Waals surface area contributed by atoms with Gasteiger partial charge in [-0.1, -0.05) is 23.7 Å². The van der Waals surface area contributed by atoms with Gasteiger partial charge in [0.05, 0.1) is 11.8 Å². The van der Waals surface area contributed by atoms with Gasteiger partial charge in [0, 0.05) is 5.02 Å². The number of rotatable bonds is 3. The number of carbonyl (C=O) groups excluding carboxylic acids is 1. The molecule has 0 fully saturated rings. The maximum Gasteiger partial charge on any atom is 0.274 e. The predicted molar refractivity (Wildman–Crippen MR) is 74.7 cm³/mol. The van der Waals surface area contributed by atoms with Gasteiger partial charge in [-0.3, -0.25) is 4.79 Å². The molecule has 0 unspecified atom stereocenters. The Kier molecular flexibility index (Phi) is 4.02. The summed E-state index contributed by atoms with van der Waals surface area (Å²) < 4.78 is 5.29. The summed E-state index contributed by atoms with van der Waals surface area (Å²) in [5, 5.41) is 4.51. The fourth-order valence-corrected chi connectivity index (χ4v) is 1.87. The Bertz CT molecular complexity index is 632. The minimum absolute atomic E-state index is 0.298. The van der Waals surface area contributed by atoms with Crippen LogP contribution in [0, 0.1) is 13.8 Å². The van der Waals surface area contributed by atoms with Crippen LogP contribution in [0.2, 0.25) is 5.02 Å². The molecule has 1 heterocycles. The maximum atomic E-state index is 11.8. The second-order valence-electron chi connectivity index (χ2n) is 4.08. The molecule has 0 radical (unpaired) electrons. The largest absolute Gasteiger partial charge is 0.466 e. The number of hydrazone groups is 1. The standard InChI is InChI=1S/C14H13ClN2O2/c1-9-6-13(10(2)19-9)14(18)17-16-8-11-4-3-5-12(15)7-11/h3-8H,1-2H3,(H,17,18)/b16-8+. The number of amides is 1. The molecule has 1 amide bonds. The van der Waals surface area contributed by atoms with E-state index in [1.165, 1.54) is 6.21 Å². The summed E-state index contributed by atoms with van der Waals surface area (Å²) in [6.07, 6.45) is 1.53. The Hall–Kier alpha value is -2.07. The Balaban J connectivity index is 2.03. The number of halogens is 1. The normalized spacial score (nSPS) is 10.9. The molecule has 0 aliphatic rings. The Morgan fingerprint density at radius 3 is 2.79 bits per heavy atom. The number of hydrogen-bond acceptors (Lipinski definition) is 3. The molecule has 4 nitrogen and oxygen atoms in total. The van der Waals surface area contributed by atoms with Crippen LogP contribution in [0.4, 0.5) is 0 Å². The van der Waals surface area contributed by atoms with Crippen molar-refractivity contribution in [3.8, 4) is 0 Å². The van der Waals surface area contributed by atoms with Gasteiger partial charge in [-0.05, 0) is 37.6 Å². The smallest absolute Gasteiger partial charge is 0.274 e. The zero-order valence-electron chi connectivity index (χ0n) is 10.6. The average Bonchev–Trinajstić information content (AvgIpc) is 2.68. The van der Waals surface area contributed by atoms with Crippen molar-refractivity contribution in [3.05, 3.63) is 58.0 Å². The predicted octanol–water partition coefficient (Wildman–Crippen LogP) is 3.31. The second kappa shape index (κ2) is 5.71. The van der Waals surface area contributed by atoms with E-state index in [-0.39, 0.29) is 5.91 Å². The molecule has 98 valence electrons. The molecule has 1 aromatic carbocycles. The molecule has 1 N–H and O–H groups in total. The van der Waals surface area contributed by atoms with Gasteiger partial charge in [-0.25, -0.2) is 5.43 Å². The van der Waals surface area contributed by atoms with Crippen molar-refractivity contribution >= 4 is 23.7 Å². The van der Waals surface area contributed by atoms with Gasteiger partial charge in [-0.2, -0.15) is 5.10 Å². The van der Waals surface area contributed by atoms with Crippen LogP contribution in [-0.4, -0.2) is 12.1 Å². The summed E-state index contributed by atoms with van der Waals surface area (Å²) in [5.74, 6) is 0.974. The van der Waals surface area contributed by atoms with Crippen LogP contribution >= 0.6 is 11.6 Å². The number of aryl methyl sites for hydroxylation is 2. The lowest BCUT2D eigenvalue weighted by molar-refractivity contribution is 0.0953. The van der Waals surface area contributed by atoms with E-state index in [4.69, 9.17) is 16.0 Å². The molecule has 0 aliphatic heterocycles. The molecule has 0 spiro atoms. The first-order valence-corrected chi connectivity index (χ1v) is 6.10. The topological polar surface area (TPSA) is 54.6 Å². The minimum atomic E-state index is -0.298. The van der Waals surface area contributed by atoms with Crippen molar-refractivity contribution in [1.29, 1.82) is 0 Å². The van der Waals surface area contributed by atoms with E-state index in [1.807, 2.05) is 12.1 Å². The highest BCUT2D eigenvalue weighted by Gasteiger charge is 2.12. The Morgan fingerprint density at radius 2 is 2.16 bits per heavy atom. The van der Waals surface area contributed by atoms with Crippen molar-refractivity contribution < 1.29 is 9.21 Å². The van der Waals surface area contributed by atoms with Crippen LogP contribution in [0.25, 0.3) is 0 Å². The molecule has 0 aliphatic carbocycles. The molecule has 2 rings (SSSR count). The zero-order chi connectivity index (χ0) is 13.8. The van der Waals surface area contributed by atoms with E-state index in [2.05, 4.69) is 10.5 Å². The van der Waals surface area contributed by atoms with Gasteiger partial charge < -0.3 is 4.42 Å². The fraction of sp³-hybridized carbons (Fsp3) is 0.143. The number of carbonyl (C=O) groups is 1. The zero-order valence-corrected chi connectivity index (χ0v) is 11.4. The number of nitrogens with one attached hydrogen (secondary N) is 1. The van der Waals surface area contributed by atoms with Gasteiger partial charge in [0.25, 0.3) is 5.91 Å². The third-order valence-corrected chi connectivity index (χ3v) is 2.75. The van der Waals surface area contributed by atoms with Gasteiger partial charge in [0.2, 0.25) is 0 Å². The van der Waals surface area contributed by atoms with Crippen molar-refractivity contribution in [3.63, 3.8) is 0 Å². The monoisotopic (exact) mass is 276 g/mol. The molecule has 0 atom stereocenters. The van der Waals surface area contributed by atoms with E-state index in [0.717, 1.165) is 5.56 Å². The van der Waals surface area contributed by atoms with E-state index < -0.39 is 0 Å². The second-order valence-corrected chi connectivity index (χ2v) is 4.52. The molecular formula is C14H13ClN2O2. The lowest BCUT2D eigenvalue weighted by Gasteiger charge is -1.97. The third-order valence-electron chi connectivity index (χ3n) is 2.51. The van der Waals surface area contributed by atoms with Gasteiger partial charge in [0.1, 0.15) is 11.5 Å². The van der Waals surface area contributed by atoms with Crippen LogP contribution in [-0.2, 0) is 0 Å². The third kappa shape index (κ3) is 3.45. The first kappa shape index (κ1) is 13.4. The quantitative estimate of drug-likeness (QED) is 0.691. The van der Waals surface area contributed by atoms with Gasteiger partial charge >= 0.3 is 0 Å². The SMILES string of the molecule is Cc1cc(C(=O)N/N=C/c2cccc(Cl)c2)c(C)o1. The first-order valence-electron chi connectivity index (χ1n) is 5.72. The maximum absolute atomic E-state index is 11.8. The number of hydrogen-bond donors (Lipinski definition) is 1. The van der Waals surface area contributed by atoms with Crippen molar-refractivity contribution in [2.24, 2.45) is 5.10 Å². The molecular weight excluding hydrogens is 264 g/mol. The van der Waals surface area contributed by atoms with Crippen LogP contribution in [0.3, 0.4) is 0 Å². The highest BCUT2D eigenvalue weighted by atomic mass is 35.5. The van der Waals surface area contributed by atoms with E-state index in [9.17, 15) is 4.79 Å². The number of benzene rings is 1. The van der Waals surface area contributed by atoms with Crippen LogP contribution in [0.15, 0.2) is 39.9 Å². The van der Waals surface area contributed by atoms with Crippen LogP contribution < -0.4 is 5.43 Å². The average molecular weight is 277 g/mol.